The van der Waals surface area contributed by atoms with E-state index >= 15 is 0 Å². The van der Waals surface area contributed by atoms with Gasteiger partial charge in [0.25, 0.3) is 0 Å². The number of rotatable bonds is 14. The van der Waals surface area contributed by atoms with Crippen molar-refractivity contribution in [1.29, 1.82) is 0 Å². The van der Waals surface area contributed by atoms with Gasteiger partial charge >= 0.3 is 5.97 Å². The van der Waals surface area contributed by atoms with Crippen LogP contribution in [0.2, 0.25) is 0 Å². The van der Waals surface area contributed by atoms with Crippen LogP contribution in [0.25, 0.3) is 0 Å². The van der Waals surface area contributed by atoms with E-state index in [-0.39, 0.29) is 19.3 Å². The fourth-order valence-electron chi connectivity index (χ4n) is 1.96. The molecular formula is C15H28N6O6. The predicted molar refractivity (Wildman–Crippen MR) is 94.9 cm³/mol. The van der Waals surface area contributed by atoms with Crippen molar-refractivity contribution in [2.45, 2.75) is 44.2 Å². The van der Waals surface area contributed by atoms with Crippen molar-refractivity contribution in [2.75, 3.05) is 19.6 Å². The molecule has 0 saturated carbocycles. The molecule has 0 aromatic heterocycles. The smallest absolute Gasteiger partial charge is 0.326 e. The largest absolute Gasteiger partial charge is 0.480 e. The van der Waals surface area contributed by atoms with Gasteiger partial charge in [-0.05, 0) is 32.2 Å². The van der Waals surface area contributed by atoms with Gasteiger partial charge in [-0.3, -0.25) is 19.2 Å². The minimum atomic E-state index is -1.18. The number of carboxylic acid groups (broad SMARTS) is 1. The van der Waals surface area contributed by atoms with E-state index in [0.717, 1.165) is 0 Å². The van der Waals surface area contributed by atoms with Crippen LogP contribution in [0, 0.1) is 0 Å². The molecule has 0 heterocycles. The Kier molecular flexibility index (Phi) is 12.1. The minimum absolute atomic E-state index is 0.0475. The SMILES string of the molecule is NCCCCC(NC(=O)CNC(=O)CNC(=O)C(N)CCC(N)=O)C(=O)O. The summed E-state index contributed by atoms with van der Waals surface area (Å²) in [5.41, 5.74) is 15.8. The van der Waals surface area contributed by atoms with Crippen LogP contribution >= 0.6 is 0 Å². The quantitative estimate of drug-likeness (QED) is 0.148. The van der Waals surface area contributed by atoms with Gasteiger partial charge in [0.2, 0.25) is 23.6 Å². The molecule has 0 aliphatic heterocycles. The monoisotopic (exact) mass is 388 g/mol. The lowest BCUT2D eigenvalue weighted by atomic mass is 10.1. The normalized spacial score (nSPS) is 12.5. The van der Waals surface area contributed by atoms with Crippen molar-refractivity contribution in [1.82, 2.24) is 16.0 Å². The summed E-state index contributed by atoms with van der Waals surface area (Å²) in [6.45, 7) is -0.438. The molecule has 0 bridgehead atoms. The summed E-state index contributed by atoms with van der Waals surface area (Å²) < 4.78 is 0. The zero-order valence-electron chi connectivity index (χ0n) is 15.0. The zero-order valence-corrected chi connectivity index (χ0v) is 15.0. The van der Waals surface area contributed by atoms with Crippen LogP contribution in [0.15, 0.2) is 0 Å². The van der Waals surface area contributed by atoms with Crippen LogP contribution in [0.1, 0.15) is 32.1 Å². The van der Waals surface area contributed by atoms with Crippen molar-refractivity contribution < 1.29 is 29.1 Å². The molecule has 0 aromatic rings. The Morgan fingerprint density at radius 2 is 1.56 bits per heavy atom. The average molecular weight is 388 g/mol. The lowest BCUT2D eigenvalue weighted by Crippen LogP contribution is -2.48. The number of unbranched alkanes of at least 4 members (excludes halogenated alkanes) is 1. The number of carbonyl (C=O) groups excluding carboxylic acids is 4. The van der Waals surface area contributed by atoms with Gasteiger partial charge in [-0.25, -0.2) is 4.79 Å². The first-order valence-electron chi connectivity index (χ1n) is 8.47. The highest BCUT2D eigenvalue weighted by atomic mass is 16.4. The van der Waals surface area contributed by atoms with E-state index in [2.05, 4.69) is 16.0 Å². The van der Waals surface area contributed by atoms with E-state index in [4.69, 9.17) is 22.3 Å². The maximum Gasteiger partial charge on any atom is 0.326 e. The maximum atomic E-state index is 11.7. The van der Waals surface area contributed by atoms with E-state index in [1.165, 1.54) is 0 Å². The number of amides is 4. The lowest BCUT2D eigenvalue weighted by molar-refractivity contribution is -0.142. The third-order valence-corrected chi connectivity index (χ3v) is 3.49. The topological polar surface area (TPSA) is 220 Å². The molecule has 154 valence electrons. The number of carboxylic acids is 1. The molecule has 12 nitrogen and oxygen atoms in total. The number of hydrogen-bond acceptors (Lipinski definition) is 7. The number of nitrogens with two attached hydrogens (primary N) is 3. The molecule has 27 heavy (non-hydrogen) atoms. The molecule has 0 spiro atoms. The van der Waals surface area contributed by atoms with E-state index in [1.54, 1.807) is 0 Å². The highest BCUT2D eigenvalue weighted by Crippen LogP contribution is 2.00. The van der Waals surface area contributed by atoms with E-state index < -0.39 is 54.8 Å². The average Bonchev–Trinajstić information content (AvgIpc) is 2.61. The number of hydrogen-bond donors (Lipinski definition) is 7. The zero-order chi connectivity index (χ0) is 20.8. The third kappa shape index (κ3) is 12.3. The molecule has 0 fully saturated rings. The van der Waals surface area contributed by atoms with E-state index in [0.29, 0.717) is 19.4 Å². The van der Waals surface area contributed by atoms with Gasteiger partial charge in [-0.15, -0.1) is 0 Å². The van der Waals surface area contributed by atoms with Gasteiger partial charge in [0.05, 0.1) is 19.1 Å². The molecule has 10 N–H and O–H groups in total. The van der Waals surface area contributed by atoms with Gasteiger partial charge in [-0.2, -0.15) is 0 Å². The Balaban J connectivity index is 4.14. The molecule has 0 aromatic carbocycles. The van der Waals surface area contributed by atoms with Crippen LogP contribution in [-0.2, 0) is 24.0 Å². The minimum Gasteiger partial charge on any atom is -0.480 e. The summed E-state index contributed by atoms with van der Waals surface area (Å²) in [6, 6.07) is -2.05. The van der Waals surface area contributed by atoms with Crippen LogP contribution in [-0.4, -0.2) is 66.4 Å². The van der Waals surface area contributed by atoms with Crippen molar-refractivity contribution in [3.8, 4) is 0 Å². The Morgan fingerprint density at radius 1 is 0.926 bits per heavy atom. The molecule has 0 aliphatic carbocycles. The summed E-state index contributed by atoms with van der Waals surface area (Å²) in [4.78, 5) is 56.7. The van der Waals surface area contributed by atoms with Crippen LogP contribution in [0.3, 0.4) is 0 Å². The van der Waals surface area contributed by atoms with Crippen LogP contribution < -0.4 is 33.2 Å². The Labute approximate surface area is 156 Å². The second-order valence-electron chi connectivity index (χ2n) is 5.85. The molecule has 2 unspecified atom stereocenters. The molecule has 0 rings (SSSR count). The van der Waals surface area contributed by atoms with Crippen molar-refractivity contribution in [3.05, 3.63) is 0 Å². The van der Waals surface area contributed by atoms with Crippen molar-refractivity contribution in [2.24, 2.45) is 17.2 Å². The molecule has 0 radical (unpaired) electrons. The van der Waals surface area contributed by atoms with Gasteiger partial charge in [0, 0.05) is 6.42 Å². The summed E-state index contributed by atoms with van der Waals surface area (Å²) in [6.07, 6.45) is 1.40. The van der Waals surface area contributed by atoms with Gasteiger partial charge in [0.15, 0.2) is 0 Å². The van der Waals surface area contributed by atoms with Crippen LogP contribution in [0.4, 0.5) is 0 Å². The Hall–Kier alpha value is -2.73. The Bertz CT molecular complexity index is 541. The van der Waals surface area contributed by atoms with Crippen molar-refractivity contribution in [3.63, 3.8) is 0 Å². The Morgan fingerprint density at radius 3 is 2.11 bits per heavy atom. The van der Waals surface area contributed by atoms with Gasteiger partial charge < -0.3 is 38.3 Å². The van der Waals surface area contributed by atoms with Gasteiger partial charge in [0.1, 0.15) is 6.04 Å². The third-order valence-electron chi connectivity index (χ3n) is 3.49. The molecule has 12 heteroatoms. The fraction of sp³-hybridized carbons (Fsp3) is 0.667. The lowest BCUT2D eigenvalue weighted by Gasteiger charge is -2.15. The summed E-state index contributed by atoms with van der Waals surface area (Å²) in [5, 5.41) is 15.9. The summed E-state index contributed by atoms with van der Waals surface area (Å²) in [5.74, 6) is -3.74. The van der Waals surface area contributed by atoms with Crippen molar-refractivity contribution >= 4 is 29.6 Å². The highest BCUT2D eigenvalue weighted by Gasteiger charge is 2.20. The second kappa shape index (κ2) is 13.5. The second-order valence-corrected chi connectivity index (χ2v) is 5.85. The number of primary amides is 1. The van der Waals surface area contributed by atoms with Crippen LogP contribution in [0.5, 0.6) is 0 Å². The van der Waals surface area contributed by atoms with E-state index in [1.807, 2.05) is 0 Å². The first kappa shape index (κ1) is 24.3. The van der Waals surface area contributed by atoms with Gasteiger partial charge in [-0.1, -0.05) is 0 Å². The van der Waals surface area contributed by atoms with E-state index in [9.17, 15) is 24.0 Å². The molecule has 0 saturated heterocycles. The standard InChI is InChI=1S/C15H28N6O6/c16-6-2-1-3-10(15(26)27)21-13(24)8-19-12(23)7-20-14(25)9(17)4-5-11(18)22/h9-10H,1-8,16-17H2,(H2,18,22)(H,19,23)(H,20,25)(H,21,24)(H,26,27). The molecular weight excluding hydrogens is 360 g/mol. The number of aliphatic carboxylic acids is 1. The molecule has 4 amide bonds. The maximum absolute atomic E-state index is 11.7. The predicted octanol–water partition coefficient (Wildman–Crippen LogP) is -3.49. The first-order chi connectivity index (χ1) is 12.7. The first-order valence-corrected chi connectivity index (χ1v) is 8.47. The molecule has 2 atom stereocenters. The number of nitrogens with one attached hydrogen (secondary N) is 3. The summed E-state index contributed by atoms with van der Waals surface area (Å²) >= 11 is 0. The fourth-order valence-corrected chi connectivity index (χ4v) is 1.96. The molecule has 0 aliphatic rings. The number of carbonyl (C=O) groups is 5. The highest BCUT2D eigenvalue weighted by molar-refractivity contribution is 5.90. The summed E-state index contributed by atoms with van der Waals surface area (Å²) in [7, 11) is 0.